The van der Waals surface area contributed by atoms with Gasteiger partial charge in [0, 0.05) is 11.6 Å². The molecule has 1 aromatic heterocycles. The maximum absolute atomic E-state index is 13.8. The Morgan fingerprint density at radius 2 is 2.15 bits per heavy atom. The molecule has 104 valence electrons. The lowest BCUT2D eigenvalue weighted by molar-refractivity contribution is 0.372. The summed E-state index contributed by atoms with van der Waals surface area (Å²) in [6.45, 7) is 0. The zero-order valence-electron chi connectivity index (χ0n) is 11.1. The number of fused-ring (bicyclic) bond motifs is 2. The van der Waals surface area contributed by atoms with Gasteiger partial charge in [0.05, 0.1) is 5.56 Å². The van der Waals surface area contributed by atoms with E-state index in [0.29, 0.717) is 17.5 Å². The molecule has 3 unspecified atom stereocenters. The highest BCUT2D eigenvalue weighted by atomic mass is 19.1. The zero-order chi connectivity index (χ0) is 13.7. The second-order valence-corrected chi connectivity index (χ2v) is 5.98. The number of aromatic nitrogens is 2. The van der Waals surface area contributed by atoms with E-state index in [1.807, 2.05) is 0 Å². The van der Waals surface area contributed by atoms with E-state index in [1.165, 1.54) is 37.5 Å². The molecule has 2 fully saturated rings. The molecule has 0 spiro atoms. The van der Waals surface area contributed by atoms with Crippen LogP contribution in [0.3, 0.4) is 0 Å². The summed E-state index contributed by atoms with van der Waals surface area (Å²) in [4.78, 5) is 4.41. The van der Waals surface area contributed by atoms with Crippen LogP contribution in [-0.4, -0.2) is 10.1 Å². The number of hydrogen-bond acceptors (Lipinski definition) is 4. The summed E-state index contributed by atoms with van der Waals surface area (Å²) in [5.74, 6) is 2.45. The van der Waals surface area contributed by atoms with Gasteiger partial charge in [-0.3, -0.25) is 0 Å². The number of benzene rings is 1. The summed E-state index contributed by atoms with van der Waals surface area (Å²) in [5, 5.41) is 4.07. The van der Waals surface area contributed by atoms with E-state index in [0.717, 1.165) is 18.2 Å². The van der Waals surface area contributed by atoms with E-state index < -0.39 is 0 Å². The number of anilines is 1. The van der Waals surface area contributed by atoms with Crippen molar-refractivity contribution in [2.45, 2.75) is 31.6 Å². The third-order valence-electron chi connectivity index (χ3n) is 4.73. The Bertz CT molecular complexity index is 654. The average Bonchev–Trinajstić information content (AvgIpc) is 3.15. The summed E-state index contributed by atoms with van der Waals surface area (Å²) in [7, 11) is 0. The molecule has 3 atom stereocenters. The molecule has 0 saturated heterocycles. The second-order valence-electron chi connectivity index (χ2n) is 5.98. The van der Waals surface area contributed by atoms with Crippen molar-refractivity contribution in [1.82, 2.24) is 10.1 Å². The van der Waals surface area contributed by atoms with Crippen LogP contribution in [0.15, 0.2) is 22.7 Å². The molecule has 4 rings (SSSR count). The number of halogens is 1. The first-order valence-electron chi connectivity index (χ1n) is 7.09. The van der Waals surface area contributed by atoms with Gasteiger partial charge in [-0.15, -0.1) is 0 Å². The maximum atomic E-state index is 13.8. The van der Waals surface area contributed by atoms with Crippen molar-refractivity contribution >= 4 is 5.69 Å². The van der Waals surface area contributed by atoms with Gasteiger partial charge in [-0.25, -0.2) is 4.39 Å². The predicted molar refractivity (Wildman–Crippen MR) is 72.3 cm³/mol. The molecule has 0 amide bonds. The normalized spacial score (nSPS) is 28.1. The lowest BCUT2D eigenvalue weighted by Gasteiger charge is -2.17. The van der Waals surface area contributed by atoms with Gasteiger partial charge in [-0.2, -0.15) is 4.98 Å². The lowest BCUT2D eigenvalue weighted by atomic mass is 9.88. The first-order valence-corrected chi connectivity index (χ1v) is 7.09. The SMILES string of the molecule is Nc1ccc(F)c(-c2nc(C3CC4CCC3C4)no2)c1. The zero-order valence-corrected chi connectivity index (χ0v) is 11.1. The maximum Gasteiger partial charge on any atom is 0.260 e. The first kappa shape index (κ1) is 11.9. The van der Waals surface area contributed by atoms with Gasteiger partial charge in [-0.1, -0.05) is 11.6 Å². The van der Waals surface area contributed by atoms with Crippen molar-refractivity contribution in [3.05, 3.63) is 29.8 Å². The molecule has 5 heteroatoms. The van der Waals surface area contributed by atoms with E-state index in [1.54, 1.807) is 0 Å². The Morgan fingerprint density at radius 1 is 1.25 bits per heavy atom. The highest BCUT2D eigenvalue weighted by Gasteiger charge is 2.42. The Morgan fingerprint density at radius 3 is 2.90 bits per heavy atom. The predicted octanol–water partition coefficient (Wildman–Crippen LogP) is 3.36. The van der Waals surface area contributed by atoms with Gasteiger partial charge >= 0.3 is 0 Å². The van der Waals surface area contributed by atoms with Gasteiger partial charge in [0.2, 0.25) is 0 Å². The number of nitrogens with two attached hydrogens (primary N) is 1. The topological polar surface area (TPSA) is 64.9 Å². The molecule has 2 bridgehead atoms. The molecule has 2 aliphatic carbocycles. The van der Waals surface area contributed by atoms with E-state index in [2.05, 4.69) is 10.1 Å². The van der Waals surface area contributed by atoms with E-state index in [9.17, 15) is 4.39 Å². The number of rotatable bonds is 2. The molecule has 4 nitrogen and oxygen atoms in total. The van der Waals surface area contributed by atoms with Crippen molar-refractivity contribution in [3.63, 3.8) is 0 Å². The molecule has 0 aliphatic heterocycles. The molecule has 20 heavy (non-hydrogen) atoms. The average molecular weight is 273 g/mol. The molecule has 0 radical (unpaired) electrons. The van der Waals surface area contributed by atoms with Crippen molar-refractivity contribution in [2.75, 3.05) is 5.73 Å². The van der Waals surface area contributed by atoms with Gasteiger partial charge in [0.1, 0.15) is 5.82 Å². The fourth-order valence-corrected chi connectivity index (χ4v) is 3.76. The first-order chi connectivity index (χ1) is 9.70. The molecule has 2 saturated carbocycles. The fraction of sp³-hybridized carbons (Fsp3) is 0.467. The van der Waals surface area contributed by atoms with Crippen LogP contribution < -0.4 is 5.73 Å². The van der Waals surface area contributed by atoms with Crippen LogP contribution in [0.2, 0.25) is 0 Å². The van der Waals surface area contributed by atoms with E-state index >= 15 is 0 Å². The van der Waals surface area contributed by atoms with Crippen molar-refractivity contribution in [2.24, 2.45) is 11.8 Å². The minimum absolute atomic E-state index is 0.229. The van der Waals surface area contributed by atoms with Gasteiger partial charge < -0.3 is 10.3 Å². The second kappa shape index (κ2) is 4.30. The number of hydrogen-bond donors (Lipinski definition) is 1. The van der Waals surface area contributed by atoms with Crippen LogP contribution in [0.4, 0.5) is 10.1 Å². The molecule has 1 aromatic carbocycles. The quantitative estimate of drug-likeness (QED) is 0.852. The van der Waals surface area contributed by atoms with Crippen LogP contribution >= 0.6 is 0 Å². The third-order valence-corrected chi connectivity index (χ3v) is 4.73. The highest BCUT2D eigenvalue weighted by Crippen LogP contribution is 2.52. The van der Waals surface area contributed by atoms with Crippen molar-refractivity contribution in [3.8, 4) is 11.5 Å². The van der Waals surface area contributed by atoms with Gasteiger partial charge in [0.15, 0.2) is 5.82 Å². The van der Waals surface area contributed by atoms with Crippen molar-refractivity contribution in [1.29, 1.82) is 0 Å². The molecular formula is C15H16FN3O. The molecule has 1 heterocycles. The highest BCUT2D eigenvalue weighted by molar-refractivity contribution is 5.60. The van der Waals surface area contributed by atoms with Crippen LogP contribution in [0.1, 0.15) is 37.4 Å². The lowest BCUT2D eigenvalue weighted by Crippen LogP contribution is -2.09. The van der Waals surface area contributed by atoms with Crippen LogP contribution in [0.25, 0.3) is 11.5 Å². The molecule has 2 aromatic rings. The van der Waals surface area contributed by atoms with Crippen LogP contribution in [-0.2, 0) is 0 Å². The summed E-state index contributed by atoms with van der Waals surface area (Å²) in [6, 6.07) is 4.38. The summed E-state index contributed by atoms with van der Waals surface area (Å²) >= 11 is 0. The Labute approximate surface area is 116 Å². The minimum Gasteiger partial charge on any atom is -0.399 e. The van der Waals surface area contributed by atoms with Gasteiger partial charge in [0.25, 0.3) is 5.89 Å². The standard InChI is InChI=1S/C15H16FN3O/c16-13-4-3-10(17)7-12(13)15-18-14(19-20-15)11-6-8-1-2-9(11)5-8/h3-4,7-9,11H,1-2,5-6,17H2. The molecule has 2 aliphatic rings. The summed E-state index contributed by atoms with van der Waals surface area (Å²) < 4.78 is 19.1. The number of nitrogen functional groups attached to an aromatic ring is 1. The number of nitrogens with zero attached hydrogens (tertiary/aromatic N) is 2. The smallest absolute Gasteiger partial charge is 0.260 e. The summed E-state index contributed by atoms with van der Waals surface area (Å²) in [6.07, 6.45) is 5.01. The Kier molecular flexibility index (Phi) is 2.55. The minimum atomic E-state index is -0.387. The Hall–Kier alpha value is -1.91. The van der Waals surface area contributed by atoms with E-state index in [4.69, 9.17) is 10.3 Å². The van der Waals surface area contributed by atoms with Crippen LogP contribution in [0.5, 0.6) is 0 Å². The Balaban J connectivity index is 1.66. The third kappa shape index (κ3) is 1.80. The van der Waals surface area contributed by atoms with Gasteiger partial charge in [-0.05, 0) is 49.3 Å². The van der Waals surface area contributed by atoms with E-state index in [-0.39, 0.29) is 17.3 Å². The fourth-order valence-electron chi connectivity index (χ4n) is 3.76. The largest absolute Gasteiger partial charge is 0.399 e. The molecular weight excluding hydrogens is 257 g/mol. The molecule has 2 N–H and O–H groups in total. The van der Waals surface area contributed by atoms with Crippen molar-refractivity contribution < 1.29 is 8.91 Å². The summed E-state index contributed by atoms with van der Waals surface area (Å²) in [5.41, 5.74) is 6.46. The van der Waals surface area contributed by atoms with Crippen LogP contribution in [0, 0.1) is 17.7 Å². The monoisotopic (exact) mass is 273 g/mol.